The van der Waals surface area contributed by atoms with Gasteiger partial charge in [0.2, 0.25) is 0 Å². The van der Waals surface area contributed by atoms with Gasteiger partial charge in [-0.1, -0.05) is 18.2 Å². The molecule has 0 amide bonds. The summed E-state index contributed by atoms with van der Waals surface area (Å²) in [6, 6.07) is 9.06. The topological polar surface area (TPSA) is 42.9 Å². The maximum atomic E-state index is 11.0. The quantitative estimate of drug-likeness (QED) is 0.601. The highest BCUT2D eigenvalue weighted by Crippen LogP contribution is 2.11. The molecule has 13 heavy (non-hydrogen) atoms. The van der Waals surface area contributed by atoms with Gasteiger partial charge in [-0.2, -0.15) is 0 Å². The molecule has 64 valence electrons. The van der Waals surface area contributed by atoms with Crippen molar-refractivity contribution in [2.45, 2.75) is 6.92 Å². The van der Waals surface area contributed by atoms with E-state index in [2.05, 4.69) is 10.2 Å². The molecule has 0 bridgehead atoms. The molecular weight excluding hydrogens is 164 g/mol. The summed E-state index contributed by atoms with van der Waals surface area (Å²) in [5.74, 6) is 0. The van der Waals surface area contributed by atoms with E-state index in [1.165, 1.54) is 6.07 Å². The normalized spacial score (nSPS) is 10.2. The minimum Gasteiger partial charge on any atom is -0.266 e. The van der Waals surface area contributed by atoms with Crippen LogP contribution in [-0.2, 0) is 0 Å². The van der Waals surface area contributed by atoms with Crippen molar-refractivity contribution in [1.82, 2.24) is 10.2 Å². The van der Waals surface area contributed by atoms with Crippen LogP contribution in [0.15, 0.2) is 35.1 Å². The van der Waals surface area contributed by atoms with E-state index in [4.69, 9.17) is 0 Å². The number of fused-ring (bicyclic) bond motifs is 1. The first-order valence-corrected chi connectivity index (χ1v) is 4.01. The number of aryl methyl sites for hydroxylation is 1. The molecule has 0 aliphatic heterocycles. The number of benzene rings is 1. The summed E-state index contributed by atoms with van der Waals surface area (Å²) < 4.78 is 0. The van der Waals surface area contributed by atoms with Crippen LogP contribution >= 0.6 is 0 Å². The van der Waals surface area contributed by atoms with Gasteiger partial charge in [0.25, 0.3) is 5.56 Å². The number of nitrogens with zero attached hydrogens (tertiary/aromatic N) is 2. The highest BCUT2D eigenvalue weighted by atomic mass is 16.1. The first kappa shape index (κ1) is 7.86. The Labute approximate surface area is 75.1 Å². The predicted molar refractivity (Wildman–Crippen MR) is 50.5 cm³/mol. The third kappa shape index (κ3) is 1.40. The van der Waals surface area contributed by atoms with E-state index in [0.717, 1.165) is 16.5 Å². The third-order valence-electron chi connectivity index (χ3n) is 1.93. The third-order valence-corrected chi connectivity index (χ3v) is 1.93. The molecular formula is C10H8N2O. The summed E-state index contributed by atoms with van der Waals surface area (Å²) in [4.78, 5) is 11.0. The summed E-state index contributed by atoms with van der Waals surface area (Å²) in [5, 5.41) is 8.34. The molecule has 0 unspecified atom stereocenters. The molecule has 0 fully saturated rings. The van der Waals surface area contributed by atoms with E-state index in [1.807, 2.05) is 31.2 Å². The van der Waals surface area contributed by atoms with Crippen LogP contribution in [0.4, 0.5) is 0 Å². The maximum absolute atomic E-state index is 11.0. The van der Waals surface area contributed by atoms with Gasteiger partial charge in [-0.05, 0) is 18.6 Å². The summed E-state index contributed by atoms with van der Waals surface area (Å²) in [6.45, 7) is 1.88. The van der Waals surface area contributed by atoms with Gasteiger partial charge in [0.05, 0.1) is 5.52 Å². The Bertz CT molecular complexity index is 508. The molecule has 1 aromatic heterocycles. The molecule has 0 saturated heterocycles. The van der Waals surface area contributed by atoms with Crippen molar-refractivity contribution in [3.63, 3.8) is 0 Å². The second-order valence-electron chi connectivity index (χ2n) is 2.88. The molecule has 0 atom stereocenters. The minimum atomic E-state index is -0.298. The maximum Gasteiger partial charge on any atom is 0.288 e. The van der Waals surface area contributed by atoms with E-state index in [1.54, 1.807) is 0 Å². The second-order valence-corrected chi connectivity index (χ2v) is 2.88. The van der Waals surface area contributed by atoms with E-state index >= 15 is 0 Å². The highest BCUT2D eigenvalue weighted by molar-refractivity contribution is 5.80. The van der Waals surface area contributed by atoms with Crippen molar-refractivity contribution in [2.24, 2.45) is 0 Å². The van der Waals surface area contributed by atoms with E-state index in [0.29, 0.717) is 0 Å². The van der Waals surface area contributed by atoms with Crippen LogP contribution < -0.4 is 5.56 Å². The van der Waals surface area contributed by atoms with E-state index in [9.17, 15) is 4.79 Å². The molecule has 2 aromatic rings. The van der Waals surface area contributed by atoms with Crippen molar-refractivity contribution in [1.29, 1.82) is 0 Å². The zero-order chi connectivity index (χ0) is 9.26. The SMILES string of the molecule is Cc1cc(=O)nnc2ccccc12. The van der Waals surface area contributed by atoms with Gasteiger partial charge in [0.15, 0.2) is 0 Å². The van der Waals surface area contributed by atoms with Gasteiger partial charge in [0.1, 0.15) is 0 Å². The Morgan fingerprint density at radius 3 is 2.77 bits per heavy atom. The van der Waals surface area contributed by atoms with Crippen LogP contribution in [0.1, 0.15) is 5.56 Å². The molecule has 3 heteroatoms. The lowest BCUT2D eigenvalue weighted by Gasteiger charge is -1.91. The van der Waals surface area contributed by atoms with Crippen LogP contribution in [0.2, 0.25) is 0 Å². The molecule has 0 aliphatic rings. The van der Waals surface area contributed by atoms with E-state index in [-0.39, 0.29) is 5.56 Å². The van der Waals surface area contributed by atoms with Crippen LogP contribution in [0.3, 0.4) is 0 Å². The fourth-order valence-electron chi connectivity index (χ4n) is 1.29. The monoisotopic (exact) mass is 172 g/mol. The average molecular weight is 172 g/mol. The predicted octanol–water partition coefficient (Wildman–Crippen LogP) is 1.30. The number of aromatic nitrogens is 2. The zero-order valence-corrected chi connectivity index (χ0v) is 7.19. The Morgan fingerprint density at radius 2 is 1.92 bits per heavy atom. The number of rotatable bonds is 0. The van der Waals surface area contributed by atoms with Gasteiger partial charge < -0.3 is 0 Å². The van der Waals surface area contributed by atoms with E-state index < -0.39 is 0 Å². The minimum absolute atomic E-state index is 0.298. The first-order chi connectivity index (χ1) is 6.27. The average Bonchev–Trinajstić information content (AvgIpc) is 2.27. The largest absolute Gasteiger partial charge is 0.288 e. The number of hydrogen-bond donors (Lipinski definition) is 0. The second kappa shape index (κ2) is 2.94. The molecule has 0 radical (unpaired) electrons. The summed E-state index contributed by atoms with van der Waals surface area (Å²) in [5.41, 5.74) is 1.36. The van der Waals surface area contributed by atoms with Crippen molar-refractivity contribution in [3.8, 4) is 0 Å². The first-order valence-electron chi connectivity index (χ1n) is 4.01. The Balaban J connectivity index is 3.02. The molecule has 2 rings (SSSR count). The lowest BCUT2D eigenvalue weighted by atomic mass is 10.1. The van der Waals surface area contributed by atoms with Crippen LogP contribution in [0.25, 0.3) is 10.9 Å². The Kier molecular flexibility index (Phi) is 1.77. The fourth-order valence-corrected chi connectivity index (χ4v) is 1.29. The van der Waals surface area contributed by atoms with Gasteiger partial charge in [0, 0.05) is 11.5 Å². The molecule has 0 N–H and O–H groups in total. The van der Waals surface area contributed by atoms with Crippen LogP contribution in [0, 0.1) is 6.92 Å². The molecule has 1 heterocycles. The van der Waals surface area contributed by atoms with Gasteiger partial charge in [-0.3, -0.25) is 4.79 Å². The molecule has 3 nitrogen and oxygen atoms in total. The Hall–Kier alpha value is -1.77. The van der Waals surface area contributed by atoms with Crippen molar-refractivity contribution in [2.75, 3.05) is 0 Å². The molecule has 0 saturated carbocycles. The lowest BCUT2D eigenvalue weighted by molar-refractivity contribution is 1.04. The fraction of sp³-hybridized carbons (Fsp3) is 0.100. The summed E-state index contributed by atoms with van der Waals surface area (Å²) in [6.07, 6.45) is 0. The molecule has 0 spiro atoms. The van der Waals surface area contributed by atoms with Crippen molar-refractivity contribution >= 4 is 10.9 Å². The molecule has 1 aromatic carbocycles. The number of hydrogen-bond acceptors (Lipinski definition) is 3. The van der Waals surface area contributed by atoms with Gasteiger partial charge >= 0.3 is 0 Å². The van der Waals surface area contributed by atoms with Gasteiger partial charge in [-0.15, -0.1) is 10.2 Å². The summed E-state index contributed by atoms with van der Waals surface area (Å²) >= 11 is 0. The lowest BCUT2D eigenvalue weighted by Crippen LogP contribution is -2.00. The van der Waals surface area contributed by atoms with Crippen LogP contribution in [0.5, 0.6) is 0 Å². The van der Waals surface area contributed by atoms with Crippen molar-refractivity contribution in [3.05, 3.63) is 46.2 Å². The van der Waals surface area contributed by atoms with Gasteiger partial charge in [-0.25, -0.2) is 0 Å². The van der Waals surface area contributed by atoms with Crippen LogP contribution in [-0.4, -0.2) is 10.2 Å². The smallest absolute Gasteiger partial charge is 0.266 e. The molecule has 0 aliphatic carbocycles. The Morgan fingerprint density at radius 1 is 1.15 bits per heavy atom. The van der Waals surface area contributed by atoms with Crippen molar-refractivity contribution < 1.29 is 0 Å². The zero-order valence-electron chi connectivity index (χ0n) is 7.19. The standard InChI is InChI=1S/C10H8N2O/c1-7-6-10(13)12-11-9-5-3-2-4-8(7)9/h2-6H,1H3. The highest BCUT2D eigenvalue weighted by Gasteiger charge is 1.96. The summed E-state index contributed by atoms with van der Waals surface area (Å²) in [7, 11) is 0.